The predicted molar refractivity (Wildman–Crippen MR) is 154 cm³/mol. The van der Waals surface area contributed by atoms with Gasteiger partial charge < -0.3 is 9.53 Å². The zero-order chi connectivity index (χ0) is 26.5. The molecule has 2 aliphatic rings. The van der Waals surface area contributed by atoms with Crippen LogP contribution in [0.5, 0.6) is 0 Å². The van der Waals surface area contributed by atoms with E-state index < -0.39 is 7.92 Å². The number of hydrogen-bond acceptors (Lipinski definition) is 3. The molecule has 0 saturated heterocycles. The summed E-state index contributed by atoms with van der Waals surface area (Å²) in [7, 11) is -0.891. The summed E-state index contributed by atoms with van der Waals surface area (Å²) in [5, 5.41) is 2.37. The Morgan fingerprint density at radius 1 is 0.895 bits per heavy atom. The van der Waals surface area contributed by atoms with E-state index in [2.05, 4.69) is 30.8 Å². The molecule has 5 heteroatoms. The summed E-state index contributed by atoms with van der Waals surface area (Å²) >= 11 is 0. The summed E-state index contributed by atoms with van der Waals surface area (Å²) in [4.78, 5) is 24.2. The van der Waals surface area contributed by atoms with Gasteiger partial charge in [0.15, 0.2) is 0 Å². The second kappa shape index (κ2) is 17.8. The maximum atomic E-state index is 13.3. The first-order valence-corrected chi connectivity index (χ1v) is 13.9. The molecule has 0 N–H and O–H groups in total. The number of ether oxygens (including phenoxy) is 1. The molecule has 2 atom stereocenters. The molecule has 4 rings (SSSR count). The molecule has 2 fully saturated rings. The topological polar surface area (TPSA) is 43.4 Å². The van der Waals surface area contributed by atoms with Crippen molar-refractivity contribution >= 4 is 30.8 Å². The predicted octanol–water partition coefficient (Wildman–Crippen LogP) is 6.36. The van der Waals surface area contributed by atoms with Gasteiger partial charge in [-0.25, -0.2) is 0 Å². The van der Waals surface area contributed by atoms with E-state index in [1.807, 2.05) is 102 Å². The molecule has 0 bridgehead atoms. The zero-order valence-corrected chi connectivity index (χ0v) is 24.0. The number of carbonyl (C=O) groups excluding carboxylic acids is 2. The summed E-state index contributed by atoms with van der Waals surface area (Å²) in [5.74, 6) is 0.446. The van der Waals surface area contributed by atoms with Crippen LogP contribution in [-0.4, -0.2) is 18.4 Å². The number of rotatable bonds is 11. The second-order valence-corrected chi connectivity index (χ2v) is 11.4. The van der Waals surface area contributed by atoms with Crippen LogP contribution in [0.15, 0.2) is 72.8 Å². The Kier molecular flexibility index (Phi) is 15.2. The van der Waals surface area contributed by atoms with Gasteiger partial charge in [-0.2, -0.15) is 0 Å². The van der Waals surface area contributed by atoms with Crippen LogP contribution >= 0.6 is 7.92 Å². The quantitative estimate of drug-likeness (QED) is 0.105. The van der Waals surface area contributed by atoms with Crippen LogP contribution in [0.4, 0.5) is 0 Å². The first kappa shape index (κ1) is 32.5. The molecule has 2 aromatic rings. The van der Waals surface area contributed by atoms with E-state index >= 15 is 0 Å². The zero-order valence-electron chi connectivity index (χ0n) is 22.0. The van der Waals surface area contributed by atoms with Crippen molar-refractivity contribution in [1.82, 2.24) is 0 Å². The van der Waals surface area contributed by atoms with E-state index in [0.29, 0.717) is 25.2 Å². The van der Waals surface area contributed by atoms with Crippen LogP contribution in [0.2, 0.25) is 0 Å². The van der Waals surface area contributed by atoms with Crippen molar-refractivity contribution in [3.05, 3.63) is 136 Å². The van der Waals surface area contributed by atoms with Gasteiger partial charge in [-0.15, -0.1) is 6.58 Å². The molecule has 38 heavy (non-hydrogen) atoms. The maximum absolute atomic E-state index is 13.3. The van der Waals surface area contributed by atoms with Gasteiger partial charge >= 0.3 is 5.97 Å². The van der Waals surface area contributed by atoms with Crippen molar-refractivity contribution in [3.63, 3.8) is 0 Å². The van der Waals surface area contributed by atoms with Crippen LogP contribution in [0, 0.1) is 68.9 Å². The fourth-order valence-corrected chi connectivity index (χ4v) is 6.60. The second-order valence-electron chi connectivity index (χ2n) is 9.23. The van der Waals surface area contributed by atoms with E-state index in [1.165, 1.54) is 10.6 Å². The Labute approximate surface area is 242 Å². The van der Waals surface area contributed by atoms with Gasteiger partial charge in [0.25, 0.3) is 0 Å². The van der Waals surface area contributed by atoms with Crippen molar-refractivity contribution in [2.45, 2.75) is 39.2 Å². The Balaban J connectivity index is 0.000000756. The van der Waals surface area contributed by atoms with E-state index in [-0.39, 0.29) is 35.1 Å². The molecule has 0 heterocycles. The number of aldehydes is 1. The van der Waals surface area contributed by atoms with Gasteiger partial charge in [-0.05, 0) is 89.2 Å². The Morgan fingerprint density at radius 3 is 1.89 bits per heavy atom. The summed E-state index contributed by atoms with van der Waals surface area (Å²) < 4.78 is 5.98. The largest absolute Gasteiger partial charge is 0.462 e. The fraction of sp³-hybridized carbons (Fsp3) is 0.212. The van der Waals surface area contributed by atoms with Gasteiger partial charge in [0, 0.05) is 35.6 Å². The van der Waals surface area contributed by atoms with Gasteiger partial charge in [0.1, 0.15) is 18.3 Å². The van der Waals surface area contributed by atoms with Crippen LogP contribution in [0.1, 0.15) is 33.1 Å². The van der Waals surface area contributed by atoms with E-state index in [9.17, 15) is 9.59 Å². The third-order valence-electron chi connectivity index (χ3n) is 5.85. The molecule has 0 aliphatic heterocycles. The van der Waals surface area contributed by atoms with E-state index in [1.54, 1.807) is 0 Å². The molecule has 0 aromatic heterocycles. The summed E-state index contributed by atoms with van der Waals surface area (Å²) in [5.41, 5.74) is 1.96. The Hall–Kier alpha value is -1.73. The van der Waals surface area contributed by atoms with Crippen molar-refractivity contribution in [1.29, 1.82) is 0 Å². The van der Waals surface area contributed by atoms with Gasteiger partial charge in [-0.1, -0.05) is 73.2 Å². The molecule has 1 unspecified atom stereocenters. The third-order valence-corrected chi connectivity index (χ3v) is 8.35. The average molecular weight is 566 g/mol. The molecular weight excluding hydrogens is 531 g/mol. The van der Waals surface area contributed by atoms with E-state index in [4.69, 9.17) is 4.74 Å². The molecule has 2 aliphatic carbocycles. The van der Waals surface area contributed by atoms with Crippen LogP contribution in [0.25, 0.3) is 0 Å². The smallest absolute Gasteiger partial charge is 0.314 e. The number of hydrogen-bond donors (Lipinski definition) is 0. The number of carbonyl (C=O) groups is 2. The molecule has 0 spiro atoms. The molecule has 2 aromatic carbocycles. The van der Waals surface area contributed by atoms with Crippen molar-refractivity contribution in [3.8, 4) is 0 Å². The van der Waals surface area contributed by atoms with Crippen LogP contribution in [0.3, 0.4) is 0 Å². The minimum absolute atomic E-state index is 0. The Morgan fingerprint density at radius 2 is 1.42 bits per heavy atom. The molecule has 3 nitrogen and oxygen atoms in total. The van der Waals surface area contributed by atoms with Crippen LogP contribution < -0.4 is 10.6 Å². The minimum Gasteiger partial charge on any atom is -0.462 e. The standard InChI is InChI=1S/C28H30O3P.C5H5.Fe/c1-21(2)19-23(20-22(3)17-18-29)31-28(30)26-15-10-16-27(26)32(24-11-6-4-7-12-24)25-13-8-5-9-14-25;1-2-4-5-3-1;/h4-16,18,22-23H,1,17,19-20H2,2-3H3;1-5H;/t22?,23-;;/m0../s1. The first-order chi connectivity index (χ1) is 18.0. The minimum atomic E-state index is -0.891. The van der Waals surface area contributed by atoms with Gasteiger partial charge in [0.05, 0.1) is 0 Å². The third kappa shape index (κ3) is 10.4. The Bertz CT molecular complexity index is 914. The molecule has 10 radical (unpaired) electrons. The summed E-state index contributed by atoms with van der Waals surface area (Å²) in [6, 6.07) is 20.6. The average Bonchev–Trinajstić information content (AvgIpc) is 3.61. The first-order valence-electron chi connectivity index (χ1n) is 12.6. The molecular formula is C33H35FeO3P. The van der Waals surface area contributed by atoms with E-state index in [0.717, 1.165) is 17.5 Å². The summed E-state index contributed by atoms with van der Waals surface area (Å²) in [6.07, 6.45) is 18.1. The van der Waals surface area contributed by atoms with Crippen molar-refractivity contribution in [2.75, 3.05) is 0 Å². The molecule has 2 saturated carbocycles. The summed E-state index contributed by atoms with van der Waals surface area (Å²) in [6.45, 7) is 7.93. The fourth-order valence-electron chi connectivity index (χ4n) is 4.17. The molecule has 0 amide bonds. The van der Waals surface area contributed by atoms with Crippen molar-refractivity contribution in [2.24, 2.45) is 5.92 Å². The van der Waals surface area contributed by atoms with Gasteiger partial charge in [0.2, 0.25) is 0 Å². The SMILES string of the molecule is C=C(C)C[C@@H](CC(C)CC=O)OC(=O)[C]1[CH][CH][CH][C]1P(c1ccccc1)c1ccccc1.[CH]1[CH][CH][CH][CH]1.[Fe]. The normalized spacial score (nSPS) is 17.1. The van der Waals surface area contributed by atoms with Crippen molar-refractivity contribution < 1.29 is 31.4 Å². The number of benzene rings is 2. The molecule has 198 valence electrons. The van der Waals surface area contributed by atoms with Crippen LogP contribution in [-0.2, 0) is 31.4 Å². The monoisotopic (exact) mass is 566 g/mol. The maximum Gasteiger partial charge on any atom is 0.314 e. The number of esters is 1. The van der Waals surface area contributed by atoms with Gasteiger partial charge in [-0.3, -0.25) is 4.79 Å².